The first-order valence-electron chi connectivity index (χ1n) is 4.43. The van der Waals surface area contributed by atoms with Crippen molar-refractivity contribution in [1.82, 2.24) is 9.97 Å². The van der Waals surface area contributed by atoms with Crippen molar-refractivity contribution >= 4 is 11.9 Å². The molecule has 1 heterocycles. The number of carboxylic acids is 1. The van der Waals surface area contributed by atoms with Crippen molar-refractivity contribution in [2.24, 2.45) is 0 Å². The Morgan fingerprint density at radius 3 is 2.71 bits per heavy atom. The summed E-state index contributed by atoms with van der Waals surface area (Å²) in [6.07, 6.45) is -5.03. The Balaban J connectivity index is 2.83. The maximum atomic E-state index is 12.3. The molecule has 0 amide bonds. The number of aliphatic carboxylic acids is 1. The van der Waals surface area contributed by atoms with Crippen LogP contribution in [0, 0.1) is 0 Å². The van der Waals surface area contributed by atoms with Crippen molar-refractivity contribution in [3.05, 3.63) is 22.1 Å². The highest BCUT2D eigenvalue weighted by molar-refractivity contribution is 5.67. The zero-order valence-electron chi connectivity index (χ0n) is 8.34. The molecule has 0 saturated carbocycles. The van der Waals surface area contributed by atoms with Gasteiger partial charge in [-0.15, -0.1) is 0 Å². The van der Waals surface area contributed by atoms with Gasteiger partial charge in [-0.2, -0.15) is 13.2 Å². The van der Waals surface area contributed by atoms with E-state index < -0.39 is 29.3 Å². The first-order chi connectivity index (χ1) is 7.79. The number of hydrogen-bond donors (Lipinski definition) is 3. The van der Waals surface area contributed by atoms with Crippen molar-refractivity contribution in [3.8, 4) is 0 Å². The third kappa shape index (κ3) is 4.13. The number of nitrogens with zero attached hydrogens (tertiary/aromatic N) is 1. The molecule has 1 aromatic rings. The number of aromatic nitrogens is 2. The molecule has 3 N–H and O–H groups in total. The van der Waals surface area contributed by atoms with Crippen LogP contribution in [0.15, 0.2) is 10.9 Å². The second kappa shape index (κ2) is 4.85. The molecule has 0 aliphatic heterocycles. The molecular weight excluding hydrogens is 243 g/mol. The second-order valence-corrected chi connectivity index (χ2v) is 3.05. The van der Waals surface area contributed by atoms with Crippen molar-refractivity contribution in [2.45, 2.75) is 12.6 Å². The second-order valence-electron chi connectivity index (χ2n) is 3.05. The summed E-state index contributed by atoms with van der Waals surface area (Å²) >= 11 is 0. The van der Waals surface area contributed by atoms with Gasteiger partial charge in [-0.05, 0) is 0 Å². The minimum absolute atomic E-state index is 0.139. The maximum absolute atomic E-state index is 12.3. The molecule has 0 saturated heterocycles. The van der Waals surface area contributed by atoms with Gasteiger partial charge in [0.15, 0.2) is 5.69 Å². The fourth-order valence-corrected chi connectivity index (χ4v) is 0.974. The highest BCUT2D eigenvalue weighted by Gasteiger charge is 2.33. The Labute approximate surface area is 92.5 Å². The fraction of sp³-hybridized carbons (Fsp3) is 0.375. The summed E-state index contributed by atoms with van der Waals surface area (Å²) in [5.74, 6) is -1.53. The maximum Gasteiger partial charge on any atom is 0.433 e. The Morgan fingerprint density at radius 1 is 1.53 bits per heavy atom. The minimum Gasteiger partial charge on any atom is -0.481 e. The van der Waals surface area contributed by atoms with Crippen LogP contribution in [0.5, 0.6) is 0 Å². The minimum atomic E-state index is -4.72. The quantitative estimate of drug-likeness (QED) is 0.731. The molecule has 0 unspecified atom stereocenters. The molecule has 6 nitrogen and oxygen atoms in total. The number of rotatable bonds is 4. The van der Waals surface area contributed by atoms with Crippen LogP contribution in [0.2, 0.25) is 0 Å². The van der Waals surface area contributed by atoms with Crippen molar-refractivity contribution in [3.63, 3.8) is 0 Å². The molecule has 17 heavy (non-hydrogen) atoms. The predicted molar refractivity (Wildman–Crippen MR) is 50.6 cm³/mol. The number of nitrogens with one attached hydrogen (secondary N) is 2. The van der Waals surface area contributed by atoms with Crippen LogP contribution in [-0.4, -0.2) is 27.6 Å². The molecule has 0 aliphatic rings. The van der Waals surface area contributed by atoms with Gasteiger partial charge in [-0.25, -0.2) is 4.98 Å². The number of alkyl halides is 3. The summed E-state index contributed by atoms with van der Waals surface area (Å²) in [4.78, 5) is 26.2. The predicted octanol–water partition coefficient (Wildman–Crippen LogP) is 0.675. The SMILES string of the molecule is O=C(O)CCNc1nc(C(F)(F)F)cc(=O)[nH]1. The van der Waals surface area contributed by atoms with Crippen molar-refractivity contribution < 1.29 is 23.1 Å². The summed E-state index contributed by atoms with van der Waals surface area (Å²) in [5.41, 5.74) is -2.30. The average molecular weight is 251 g/mol. The lowest BCUT2D eigenvalue weighted by Crippen LogP contribution is -2.19. The summed E-state index contributed by atoms with van der Waals surface area (Å²) < 4.78 is 36.8. The summed E-state index contributed by atoms with van der Waals surface area (Å²) in [5, 5.41) is 10.6. The molecule has 0 atom stereocenters. The van der Waals surface area contributed by atoms with Gasteiger partial charge in [0.25, 0.3) is 5.56 Å². The summed E-state index contributed by atoms with van der Waals surface area (Å²) in [6.45, 7) is -0.139. The Morgan fingerprint density at radius 2 is 2.18 bits per heavy atom. The van der Waals surface area contributed by atoms with E-state index in [9.17, 15) is 22.8 Å². The number of anilines is 1. The third-order valence-corrected chi connectivity index (χ3v) is 1.66. The molecular formula is C8H8F3N3O3. The van der Waals surface area contributed by atoms with Gasteiger partial charge in [0.05, 0.1) is 6.42 Å². The van der Waals surface area contributed by atoms with Crippen LogP contribution in [0.25, 0.3) is 0 Å². The highest BCUT2D eigenvalue weighted by atomic mass is 19.4. The Hall–Kier alpha value is -2.06. The van der Waals surface area contributed by atoms with Crippen LogP contribution < -0.4 is 10.9 Å². The lowest BCUT2D eigenvalue weighted by atomic mass is 10.4. The molecule has 1 aromatic heterocycles. The number of H-pyrrole nitrogens is 1. The molecule has 9 heteroatoms. The molecule has 0 aliphatic carbocycles. The van der Waals surface area contributed by atoms with Gasteiger partial charge in [0.2, 0.25) is 5.95 Å². The number of carboxylic acid groups (broad SMARTS) is 1. The Bertz CT molecular complexity index is 469. The van der Waals surface area contributed by atoms with Crippen molar-refractivity contribution in [2.75, 3.05) is 11.9 Å². The van der Waals surface area contributed by atoms with Gasteiger partial charge >= 0.3 is 12.1 Å². The smallest absolute Gasteiger partial charge is 0.433 e. The monoisotopic (exact) mass is 251 g/mol. The normalized spacial score (nSPS) is 11.2. The molecule has 0 fully saturated rings. The number of halogens is 3. The fourth-order valence-electron chi connectivity index (χ4n) is 0.974. The molecule has 0 radical (unpaired) electrons. The van der Waals surface area contributed by atoms with E-state index in [2.05, 4.69) is 10.3 Å². The molecule has 0 spiro atoms. The first-order valence-corrected chi connectivity index (χ1v) is 4.43. The molecule has 0 bridgehead atoms. The Kier molecular flexibility index (Phi) is 3.71. The van der Waals surface area contributed by atoms with E-state index in [0.29, 0.717) is 6.07 Å². The van der Waals surface area contributed by atoms with Crippen LogP contribution in [0.1, 0.15) is 12.1 Å². The van der Waals surface area contributed by atoms with E-state index in [1.165, 1.54) is 0 Å². The van der Waals surface area contributed by atoms with Crippen LogP contribution in [0.3, 0.4) is 0 Å². The van der Waals surface area contributed by atoms with E-state index in [-0.39, 0.29) is 13.0 Å². The van der Waals surface area contributed by atoms with E-state index in [1.807, 2.05) is 4.98 Å². The van der Waals surface area contributed by atoms with E-state index in [4.69, 9.17) is 5.11 Å². The van der Waals surface area contributed by atoms with Crippen LogP contribution in [0.4, 0.5) is 19.1 Å². The topological polar surface area (TPSA) is 95.1 Å². The van der Waals surface area contributed by atoms with Gasteiger partial charge < -0.3 is 10.4 Å². The van der Waals surface area contributed by atoms with Crippen molar-refractivity contribution in [1.29, 1.82) is 0 Å². The van der Waals surface area contributed by atoms with Crippen LogP contribution in [-0.2, 0) is 11.0 Å². The standard InChI is InChI=1S/C8H8F3N3O3/c9-8(10,11)4-3-5(15)14-7(13-4)12-2-1-6(16)17/h3H,1-2H2,(H,16,17)(H2,12,13,14,15). The molecule has 1 rings (SSSR count). The van der Waals surface area contributed by atoms with E-state index in [0.717, 1.165) is 0 Å². The lowest BCUT2D eigenvalue weighted by Gasteiger charge is -2.08. The van der Waals surface area contributed by atoms with Gasteiger partial charge in [0.1, 0.15) is 0 Å². The van der Waals surface area contributed by atoms with E-state index >= 15 is 0 Å². The van der Waals surface area contributed by atoms with Gasteiger partial charge in [0, 0.05) is 12.6 Å². The number of aromatic amines is 1. The molecule has 0 aromatic carbocycles. The first kappa shape index (κ1) is 13.0. The zero-order valence-corrected chi connectivity index (χ0v) is 8.34. The highest BCUT2D eigenvalue weighted by Crippen LogP contribution is 2.26. The summed E-state index contributed by atoms with van der Waals surface area (Å²) in [6, 6.07) is 0.322. The molecule has 94 valence electrons. The summed E-state index contributed by atoms with van der Waals surface area (Å²) in [7, 11) is 0. The third-order valence-electron chi connectivity index (χ3n) is 1.66. The number of hydrogen-bond acceptors (Lipinski definition) is 4. The largest absolute Gasteiger partial charge is 0.481 e. The van der Waals surface area contributed by atoms with E-state index in [1.54, 1.807) is 0 Å². The van der Waals surface area contributed by atoms with Gasteiger partial charge in [-0.1, -0.05) is 0 Å². The van der Waals surface area contributed by atoms with Crippen LogP contribution >= 0.6 is 0 Å². The zero-order chi connectivity index (χ0) is 13.1. The lowest BCUT2D eigenvalue weighted by molar-refractivity contribution is -0.141. The average Bonchev–Trinajstić information content (AvgIpc) is 2.14. The number of carbonyl (C=O) groups is 1. The van der Waals surface area contributed by atoms with Gasteiger partial charge in [-0.3, -0.25) is 14.6 Å².